The van der Waals surface area contributed by atoms with E-state index in [9.17, 15) is 0 Å². The molecular weight excluding hydrogens is 321 g/mol. The van der Waals surface area contributed by atoms with Crippen molar-refractivity contribution in [3.63, 3.8) is 0 Å². The summed E-state index contributed by atoms with van der Waals surface area (Å²) in [6, 6.07) is 5.51. The summed E-state index contributed by atoms with van der Waals surface area (Å²) in [5.74, 6) is 0.721. The monoisotopic (exact) mass is 339 g/mol. The molecule has 1 atom stereocenters. The second kappa shape index (κ2) is 8.06. The van der Waals surface area contributed by atoms with Crippen LogP contribution in [0.2, 0.25) is 10.0 Å². The molecule has 0 spiro atoms. The maximum atomic E-state index is 6.23. The van der Waals surface area contributed by atoms with Crippen LogP contribution in [0.5, 0.6) is 0 Å². The van der Waals surface area contributed by atoms with Gasteiger partial charge in [-0.2, -0.15) is 0 Å². The molecule has 0 aliphatic carbocycles. The molecule has 0 aliphatic rings. The first-order valence-electron chi connectivity index (χ1n) is 6.98. The van der Waals surface area contributed by atoms with Crippen LogP contribution in [-0.4, -0.2) is 29.1 Å². The van der Waals surface area contributed by atoms with Gasteiger partial charge in [0.15, 0.2) is 5.96 Å². The van der Waals surface area contributed by atoms with Crippen molar-refractivity contribution in [1.29, 1.82) is 0 Å². The minimum absolute atomic E-state index is 0.0178. The van der Waals surface area contributed by atoms with Gasteiger partial charge in [-0.05, 0) is 24.6 Å². The summed E-state index contributed by atoms with van der Waals surface area (Å²) in [6.07, 6.45) is 5.47. The van der Waals surface area contributed by atoms with Gasteiger partial charge in [-0.3, -0.25) is 4.99 Å². The van der Waals surface area contributed by atoms with Crippen molar-refractivity contribution >= 4 is 29.2 Å². The number of hydrogen-bond acceptors (Lipinski definition) is 2. The van der Waals surface area contributed by atoms with Gasteiger partial charge >= 0.3 is 0 Å². The van der Waals surface area contributed by atoms with Crippen LogP contribution < -0.4 is 10.6 Å². The number of aromatic nitrogens is 2. The number of guanidine groups is 1. The van der Waals surface area contributed by atoms with Crippen LogP contribution >= 0.6 is 23.2 Å². The zero-order valence-electron chi connectivity index (χ0n) is 12.6. The SMILES string of the molecule is CN=C(NCCn1ccnc1)NC(C)c1ccc(Cl)cc1Cl. The van der Waals surface area contributed by atoms with Crippen molar-refractivity contribution in [2.24, 2.45) is 4.99 Å². The second-order valence-corrected chi connectivity index (χ2v) is 5.67. The number of nitrogens with one attached hydrogen (secondary N) is 2. The van der Waals surface area contributed by atoms with Crippen molar-refractivity contribution in [3.05, 3.63) is 52.5 Å². The zero-order chi connectivity index (χ0) is 15.9. The number of halogens is 2. The lowest BCUT2D eigenvalue weighted by atomic mass is 10.1. The Labute approximate surface area is 140 Å². The molecule has 1 aromatic carbocycles. The molecule has 0 saturated heterocycles. The van der Waals surface area contributed by atoms with Crippen LogP contribution in [0.15, 0.2) is 41.9 Å². The molecule has 1 unspecified atom stereocenters. The molecule has 1 aromatic heterocycles. The van der Waals surface area contributed by atoms with E-state index in [0.29, 0.717) is 10.0 Å². The quantitative estimate of drug-likeness (QED) is 0.650. The van der Waals surface area contributed by atoms with Crippen LogP contribution in [0.3, 0.4) is 0 Å². The van der Waals surface area contributed by atoms with Crippen LogP contribution in [0.1, 0.15) is 18.5 Å². The topological polar surface area (TPSA) is 54.2 Å². The number of nitrogens with zero attached hydrogens (tertiary/aromatic N) is 3. The molecule has 7 heteroatoms. The van der Waals surface area contributed by atoms with Gasteiger partial charge in [0.2, 0.25) is 0 Å². The van der Waals surface area contributed by atoms with E-state index in [0.717, 1.165) is 24.6 Å². The molecule has 22 heavy (non-hydrogen) atoms. The summed E-state index contributed by atoms with van der Waals surface area (Å²) in [5, 5.41) is 7.84. The highest BCUT2D eigenvalue weighted by molar-refractivity contribution is 6.35. The Morgan fingerprint density at radius 1 is 1.41 bits per heavy atom. The smallest absolute Gasteiger partial charge is 0.191 e. The van der Waals surface area contributed by atoms with Crippen LogP contribution in [-0.2, 0) is 6.54 Å². The number of aliphatic imine (C=N–C) groups is 1. The molecule has 0 radical (unpaired) electrons. The normalized spacial score (nSPS) is 13.0. The molecule has 0 bridgehead atoms. The standard InChI is InChI=1S/C15H19Cl2N5/c1-11(13-4-3-12(16)9-14(13)17)21-15(18-2)20-6-8-22-7-5-19-10-22/h3-5,7,9-11H,6,8H2,1-2H3,(H2,18,20,21). The van der Waals surface area contributed by atoms with Crippen molar-refractivity contribution < 1.29 is 0 Å². The molecule has 2 aromatic rings. The molecule has 0 fully saturated rings. The second-order valence-electron chi connectivity index (χ2n) is 4.83. The Kier molecular flexibility index (Phi) is 6.10. The zero-order valence-corrected chi connectivity index (χ0v) is 14.1. The van der Waals surface area contributed by atoms with E-state index in [4.69, 9.17) is 23.2 Å². The minimum Gasteiger partial charge on any atom is -0.355 e. The predicted molar refractivity (Wildman–Crippen MR) is 91.6 cm³/mol. The summed E-state index contributed by atoms with van der Waals surface area (Å²) >= 11 is 12.2. The summed E-state index contributed by atoms with van der Waals surface area (Å²) in [5.41, 5.74) is 0.976. The third-order valence-corrected chi connectivity index (χ3v) is 3.79. The molecule has 0 aliphatic heterocycles. The summed E-state index contributed by atoms with van der Waals surface area (Å²) in [4.78, 5) is 8.23. The van der Waals surface area contributed by atoms with Crippen molar-refractivity contribution in [2.45, 2.75) is 19.5 Å². The Bertz CT molecular complexity index is 625. The highest BCUT2D eigenvalue weighted by atomic mass is 35.5. The third kappa shape index (κ3) is 4.64. The largest absolute Gasteiger partial charge is 0.355 e. The average Bonchev–Trinajstić information content (AvgIpc) is 2.99. The van der Waals surface area contributed by atoms with Gasteiger partial charge in [-0.25, -0.2) is 4.98 Å². The summed E-state index contributed by atoms with van der Waals surface area (Å²) in [7, 11) is 1.74. The number of hydrogen-bond donors (Lipinski definition) is 2. The lowest BCUT2D eigenvalue weighted by Gasteiger charge is -2.19. The fourth-order valence-electron chi connectivity index (χ4n) is 2.05. The first kappa shape index (κ1) is 16.6. The number of benzene rings is 1. The van der Waals surface area contributed by atoms with Gasteiger partial charge in [0, 0.05) is 42.6 Å². The van der Waals surface area contributed by atoms with Crippen molar-refractivity contribution in [2.75, 3.05) is 13.6 Å². The maximum Gasteiger partial charge on any atom is 0.191 e. The van der Waals surface area contributed by atoms with E-state index in [1.807, 2.05) is 29.8 Å². The van der Waals surface area contributed by atoms with Gasteiger partial charge in [0.05, 0.1) is 12.4 Å². The van der Waals surface area contributed by atoms with Gasteiger partial charge in [-0.1, -0.05) is 29.3 Å². The Morgan fingerprint density at radius 2 is 2.23 bits per heavy atom. The van der Waals surface area contributed by atoms with Crippen LogP contribution in [0, 0.1) is 0 Å². The van der Waals surface area contributed by atoms with Gasteiger partial charge < -0.3 is 15.2 Å². The van der Waals surface area contributed by atoms with Crippen LogP contribution in [0.25, 0.3) is 0 Å². The Morgan fingerprint density at radius 3 is 2.86 bits per heavy atom. The van der Waals surface area contributed by atoms with Gasteiger partial charge in [-0.15, -0.1) is 0 Å². The summed E-state index contributed by atoms with van der Waals surface area (Å²) < 4.78 is 2.00. The molecule has 2 N–H and O–H groups in total. The molecule has 2 rings (SSSR count). The summed E-state index contributed by atoms with van der Waals surface area (Å²) in [6.45, 7) is 3.59. The molecule has 118 valence electrons. The Balaban J connectivity index is 1.89. The maximum absolute atomic E-state index is 6.23. The van der Waals surface area contributed by atoms with E-state index >= 15 is 0 Å². The van der Waals surface area contributed by atoms with Crippen molar-refractivity contribution in [1.82, 2.24) is 20.2 Å². The first-order valence-corrected chi connectivity index (χ1v) is 7.73. The molecule has 1 heterocycles. The minimum atomic E-state index is 0.0178. The molecule has 0 saturated carbocycles. The van der Waals surface area contributed by atoms with E-state index in [2.05, 4.69) is 20.6 Å². The van der Waals surface area contributed by atoms with Crippen LogP contribution in [0.4, 0.5) is 0 Å². The van der Waals surface area contributed by atoms with Gasteiger partial charge in [0.1, 0.15) is 0 Å². The first-order chi connectivity index (χ1) is 10.6. The van der Waals surface area contributed by atoms with E-state index in [1.165, 1.54) is 0 Å². The molecular formula is C15H19Cl2N5. The van der Waals surface area contributed by atoms with E-state index in [-0.39, 0.29) is 6.04 Å². The molecule has 0 amide bonds. The molecule has 5 nitrogen and oxygen atoms in total. The third-order valence-electron chi connectivity index (χ3n) is 3.23. The lowest BCUT2D eigenvalue weighted by molar-refractivity contribution is 0.640. The lowest BCUT2D eigenvalue weighted by Crippen LogP contribution is -2.40. The highest BCUT2D eigenvalue weighted by Gasteiger charge is 2.11. The average molecular weight is 340 g/mol. The Hall–Kier alpha value is -1.72. The van der Waals surface area contributed by atoms with Crippen molar-refractivity contribution in [3.8, 4) is 0 Å². The number of rotatable bonds is 5. The highest BCUT2D eigenvalue weighted by Crippen LogP contribution is 2.25. The van der Waals surface area contributed by atoms with E-state index < -0.39 is 0 Å². The number of imidazole rings is 1. The fourth-order valence-corrected chi connectivity index (χ4v) is 2.62. The van der Waals surface area contributed by atoms with E-state index in [1.54, 1.807) is 25.6 Å². The predicted octanol–water partition coefficient (Wildman–Crippen LogP) is 3.12. The van der Waals surface area contributed by atoms with Gasteiger partial charge in [0.25, 0.3) is 0 Å². The fraction of sp³-hybridized carbons (Fsp3) is 0.333.